The van der Waals surface area contributed by atoms with E-state index < -0.39 is 33.9 Å². The van der Waals surface area contributed by atoms with Gasteiger partial charge in [0.15, 0.2) is 0 Å². The second-order valence-corrected chi connectivity index (χ2v) is 10.6. The Balaban J connectivity index is 1.97. The Labute approximate surface area is 176 Å². The molecule has 1 aromatic carbocycles. The Hall–Kier alpha value is -2.36. The molecule has 1 saturated heterocycles. The highest BCUT2D eigenvalue weighted by Gasteiger charge is 2.52. The van der Waals surface area contributed by atoms with Gasteiger partial charge in [-0.15, -0.1) is 0 Å². The summed E-state index contributed by atoms with van der Waals surface area (Å²) in [6, 6.07) is 8.26. The van der Waals surface area contributed by atoms with Crippen LogP contribution in [0.4, 0.5) is 0 Å². The highest BCUT2D eigenvalue weighted by Crippen LogP contribution is 2.37. The van der Waals surface area contributed by atoms with E-state index in [0.717, 1.165) is 9.54 Å². The minimum absolute atomic E-state index is 0.0743. The third-order valence-electron chi connectivity index (χ3n) is 6.12. The molecule has 4 rings (SSSR count). The third-order valence-corrected chi connectivity index (χ3v) is 7.79. The minimum Gasteiger partial charge on any atom is -0.399 e. The molecule has 0 amide bonds. The maximum Gasteiger partial charge on any atom is 0.497 e. The molecule has 0 radical (unpaired) electrons. The van der Waals surface area contributed by atoms with Crippen LogP contribution in [0, 0.1) is 6.92 Å². The van der Waals surface area contributed by atoms with Gasteiger partial charge in [0.25, 0.3) is 15.6 Å². The van der Waals surface area contributed by atoms with E-state index in [1.54, 1.807) is 43.6 Å². The summed E-state index contributed by atoms with van der Waals surface area (Å²) < 4.78 is 41.6. The fourth-order valence-corrected chi connectivity index (χ4v) is 4.87. The van der Waals surface area contributed by atoms with Crippen LogP contribution in [-0.2, 0) is 26.4 Å². The molecule has 1 fully saturated rings. The van der Waals surface area contributed by atoms with Crippen molar-refractivity contribution in [3.63, 3.8) is 0 Å². The van der Waals surface area contributed by atoms with E-state index in [2.05, 4.69) is 0 Å². The van der Waals surface area contributed by atoms with Crippen molar-refractivity contribution in [2.45, 2.75) is 50.7 Å². The summed E-state index contributed by atoms with van der Waals surface area (Å²) in [4.78, 5) is 13.1. The molecule has 30 heavy (non-hydrogen) atoms. The Morgan fingerprint density at radius 1 is 0.967 bits per heavy atom. The molecule has 0 bridgehead atoms. The van der Waals surface area contributed by atoms with Crippen molar-refractivity contribution in [3.05, 3.63) is 58.6 Å². The van der Waals surface area contributed by atoms with Gasteiger partial charge >= 0.3 is 7.12 Å². The zero-order valence-electron chi connectivity index (χ0n) is 18.0. The molecule has 0 N–H and O–H groups in total. The van der Waals surface area contributed by atoms with Crippen LogP contribution in [0.15, 0.2) is 52.4 Å². The second-order valence-electron chi connectivity index (χ2n) is 8.78. The normalized spacial score (nSPS) is 18.3. The van der Waals surface area contributed by atoms with E-state index in [1.807, 2.05) is 34.6 Å². The number of fused-ring (bicyclic) bond motifs is 1. The molecule has 7 nitrogen and oxygen atoms in total. The number of hydrogen-bond acceptors (Lipinski definition) is 5. The molecular formula is C21H25BN2O5S. The predicted molar refractivity (Wildman–Crippen MR) is 117 cm³/mol. The zero-order valence-corrected chi connectivity index (χ0v) is 18.8. The number of aromatic nitrogens is 2. The molecule has 9 heteroatoms. The van der Waals surface area contributed by atoms with Crippen molar-refractivity contribution < 1.29 is 17.7 Å². The average Bonchev–Trinajstić information content (AvgIpc) is 3.14. The van der Waals surface area contributed by atoms with Gasteiger partial charge in [0.2, 0.25) is 0 Å². The van der Waals surface area contributed by atoms with Crippen molar-refractivity contribution in [1.29, 1.82) is 0 Å². The van der Waals surface area contributed by atoms with Gasteiger partial charge in [-0.3, -0.25) is 4.79 Å². The van der Waals surface area contributed by atoms with Crippen LogP contribution in [0.25, 0.3) is 10.9 Å². The number of benzene rings is 1. The minimum atomic E-state index is -4.00. The first-order valence-corrected chi connectivity index (χ1v) is 11.2. The van der Waals surface area contributed by atoms with Gasteiger partial charge in [-0.1, -0.05) is 17.7 Å². The average molecular weight is 428 g/mol. The molecule has 2 aromatic heterocycles. The lowest BCUT2D eigenvalue weighted by Gasteiger charge is -2.32. The molecule has 3 aromatic rings. The Morgan fingerprint density at radius 3 is 2.10 bits per heavy atom. The highest BCUT2D eigenvalue weighted by atomic mass is 32.2. The topological polar surface area (TPSA) is 79.5 Å². The summed E-state index contributed by atoms with van der Waals surface area (Å²) in [5.74, 6) is 0. The van der Waals surface area contributed by atoms with Crippen LogP contribution < -0.4 is 11.0 Å². The fraction of sp³-hybridized carbons (Fsp3) is 0.381. The lowest BCUT2D eigenvalue weighted by molar-refractivity contribution is 0.00578. The fourth-order valence-electron chi connectivity index (χ4n) is 3.49. The van der Waals surface area contributed by atoms with Crippen molar-refractivity contribution in [3.8, 4) is 0 Å². The summed E-state index contributed by atoms with van der Waals surface area (Å²) in [6.45, 7) is 9.58. The van der Waals surface area contributed by atoms with Crippen LogP contribution >= 0.6 is 0 Å². The molecule has 3 heterocycles. The summed E-state index contributed by atoms with van der Waals surface area (Å²) in [7, 11) is -3.20. The van der Waals surface area contributed by atoms with Crippen molar-refractivity contribution >= 4 is 33.5 Å². The van der Waals surface area contributed by atoms with Crippen LogP contribution in [-0.4, -0.2) is 35.3 Å². The Morgan fingerprint density at radius 2 is 1.53 bits per heavy atom. The van der Waals surface area contributed by atoms with E-state index >= 15 is 0 Å². The number of pyridine rings is 1. The third kappa shape index (κ3) is 3.03. The first-order chi connectivity index (χ1) is 13.8. The molecule has 158 valence electrons. The Bertz CT molecular complexity index is 1290. The van der Waals surface area contributed by atoms with Crippen LogP contribution in [0.2, 0.25) is 0 Å². The van der Waals surface area contributed by atoms with Gasteiger partial charge in [0.05, 0.1) is 16.1 Å². The summed E-state index contributed by atoms with van der Waals surface area (Å²) >= 11 is 0. The maximum absolute atomic E-state index is 13.4. The van der Waals surface area contributed by atoms with E-state index in [-0.39, 0.29) is 10.4 Å². The molecular weight excluding hydrogens is 403 g/mol. The van der Waals surface area contributed by atoms with Crippen molar-refractivity contribution in [1.82, 2.24) is 8.54 Å². The van der Waals surface area contributed by atoms with Gasteiger partial charge in [-0.25, -0.2) is 12.4 Å². The summed E-state index contributed by atoms with van der Waals surface area (Å²) in [5, 5.41) is 0.493. The van der Waals surface area contributed by atoms with Gasteiger partial charge in [-0.2, -0.15) is 0 Å². The molecule has 0 spiro atoms. The lowest BCUT2D eigenvalue weighted by Crippen LogP contribution is -2.41. The molecule has 1 aliphatic rings. The number of hydrogen-bond donors (Lipinski definition) is 0. The summed E-state index contributed by atoms with van der Waals surface area (Å²) in [6.07, 6.45) is 3.06. The monoisotopic (exact) mass is 428 g/mol. The summed E-state index contributed by atoms with van der Waals surface area (Å²) in [5.41, 5.74) is -0.0722. The largest absolute Gasteiger partial charge is 0.497 e. The quantitative estimate of drug-likeness (QED) is 0.598. The first kappa shape index (κ1) is 20.9. The molecule has 0 saturated carbocycles. The number of nitrogens with zero attached hydrogens (tertiary/aromatic N) is 2. The van der Waals surface area contributed by atoms with Crippen LogP contribution in [0.1, 0.15) is 33.3 Å². The van der Waals surface area contributed by atoms with Gasteiger partial charge in [-0.05, 0) is 52.8 Å². The SMILES string of the molecule is Cc1ccc(S(=O)(=O)n2cc(B3OC(C)(C)C(C)(C)O3)c3ccn(C)c(=O)c32)cc1. The molecule has 0 unspecified atom stereocenters. The van der Waals surface area contributed by atoms with Gasteiger partial charge in [0.1, 0.15) is 5.52 Å². The van der Waals surface area contributed by atoms with Gasteiger partial charge < -0.3 is 13.9 Å². The predicted octanol–water partition coefficient (Wildman–Crippen LogP) is 2.18. The second kappa shape index (κ2) is 6.57. The smallest absolute Gasteiger partial charge is 0.399 e. The lowest BCUT2D eigenvalue weighted by atomic mass is 9.79. The number of rotatable bonds is 3. The van der Waals surface area contributed by atoms with Crippen LogP contribution in [0.5, 0.6) is 0 Å². The van der Waals surface area contributed by atoms with E-state index in [0.29, 0.717) is 10.8 Å². The highest BCUT2D eigenvalue weighted by molar-refractivity contribution is 7.90. The maximum atomic E-state index is 13.4. The van der Waals surface area contributed by atoms with Crippen molar-refractivity contribution in [2.24, 2.45) is 7.05 Å². The van der Waals surface area contributed by atoms with Crippen LogP contribution in [0.3, 0.4) is 0 Å². The van der Waals surface area contributed by atoms with Gasteiger partial charge in [0, 0.05) is 30.3 Å². The molecule has 1 aliphatic heterocycles. The van der Waals surface area contributed by atoms with E-state index in [1.165, 1.54) is 10.8 Å². The van der Waals surface area contributed by atoms with E-state index in [9.17, 15) is 13.2 Å². The standard InChI is InChI=1S/C21H25BN2O5S/c1-14-7-9-15(10-8-14)30(26,27)24-13-17(16-11-12-23(6)19(25)18(16)24)22-28-20(2,3)21(4,5)29-22/h7-13H,1-6H3. The molecule has 0 aliphatic carbocycles. The van der Waals surface area contributed by atoms with Crippen molar-refractivity contribution in [2.75, 3.05) is 0 Å². The van der Waals surface area contributed by atoms with E-state index in [4.69, 9.17) is 9.31 Å². The Kier molecular flexibility index (Phi) is 4.58. The number of aryl methyl sites for hydroxylation is 2. The molecule has 0 atom stereocenters. The zero-order chi connectivity index (χ0) is 22.1. The first-order valence-electron chi connectivity index (χ1n) is 9.74.